The summed E-state index contributed by atoms with van der Waals surface area (Å²) in [7, 11) is 0. The van der Waals surface area contributed by atoms with E-state index in [0.29, 0.717) is 17.4 Å². The zero-order valence-corrected chi connectivity index (χ0v) is 17.6. The van der Waals surface area contributed by atoms with Crippen LogP contribution in [-0.2, 0) is 11.2 Å². The summed E-state index contributed by atoms with van der Waals surface area (Å²) in [6.45, 7) is 4.06. The predicted octanol–water partition coefficient (Wildman–Crippen LogP) is 4.96. The van der Waals surface area contributed by atoms with Crippen molar-refractivity contribution in [3.05, 3.63) is 70.9 Å². The van der Waals surface area contributed by atoms with Crippen molar-refractivity contribution < 1.29 is 4.79 Å². The third kappa shape index (κ3) is 5.27. The number of halogens is 1. The molecule has 0 saturated carbocycles. The summed E-state index contributed by atoms with van der Waals surface area (Å²) in [4.78, 5) is 23.7. The van der Waals surface area contributed by atoms with Crippen molar-refractivity contribution in [2.45, 2.75) is 26.2 Å². The van der Waals surface area contributed by atoms with Gasteiger partial charge in [-0.1, -0.05) is 23.7 Å². The van der Waals surface area contributed by atoms with E-state index in [4.69, 9.17) is 11.6 Å². The Morgan fingerprint density at radius 2 is 1.67 bits per heavy atom. The lowest BCUT2D eigenvalue weighted by atomic mass is 10.1. The van der Waals surface area contributed by atoms with Gasteiger partial charge in [-0.25, -0.2) is 4.98 Å². The van der Waals surface area contributed by atoms with Crippen molar-refractivity contribution in [2.24, 2.45) is 0 Å². The summed E-state index contributed by atoms with van der Waals surface area (Å²) in [5.41, 5.74) is 3.45. The third-order valence-electron chi connectivity index (χ3n) is 4.97. The van der Waals surface area contributed by atoms with Crippen LogP contribution in [0, 0.1) is 6.92 Å². The summed E-state index contributed by atoms with van der Waals surface area (Å²) in [5.74, 6) is 1.47. The Morgan fingerprint density at radius 3 is 2.37 bits per heavy atom. The number of nitrogens with zero attached hydrogens (tertiary/aromatic N) is 3. The lowest BCUT2D eigenvalue weighted by Crippen LogP contribution is -2.19. The third-order valence-corrected chi connectivity index (χ3v) is 5.23. The van der Waals surface area contributed by atoms with E-state index in [9.17, 15) is 4.79 Å². The van der Waals surface area contributed by atoms with Crippen LogP contribution in [0.1, 0.15) is 24.1 Å². The van der Waals surface area contributed by atoms with Crippen LogP contribution >= 0.6 is 11.6 Å². The number of amides is 1. The Kier molecular flexibility index (Phi) is 6.14. The maximum absolute atomic E-state index is 12.3. The highest BCUT2D eigenvalue weighted by atomic mass is 35.5. The highest BCUT2D eigenvalue weighted by Gasteiger charge is 2.15. The molecule has 2 heterocycles. The topological polar surface area (TPSA) is 70.2 Å². The Balaban J connectivity index is 1.37. The Morgan fingerprint density at radius 1 is 1.00 bits per heavy atom. The summed E-state index contributed by atoms with van der Waals surface area (Å²) in [6.07, 6.45) is 2.71. The van der Waals surface area contributed by atoms with Crippen LogP contribution in [0.2, 0.25) is 5.02 Å². The van der Waals surface area contributed by atoms with Gasteiger partial charge in [-0.3, -0.25) is 4.79 Å². The molecule has 0 unspecified atom stereocenters. The first-order valence-electron chi connectivity index (χ1n) is 10.1. The number of nitrogens with one attached hydrogen (secondary N) is 2. The van der Waals surface area contributed by atoms with E-state index in [-0.39, 0.29) is 5.91 Å². The number of hydrogen-bond donors (Lipinski definition) is 2. The number of carbonyl (C=O) groups is 1. The van der Waals surface area contributed by atoms with Crippen LogP contribution in [-0.4, -0.2) is 29.0 Å². The molecule has 1 fully saturated rings. The van der Waals surface area contributed by atoms with E-state index in [1.165, 1.54) is 12.8 Å². The summed E-state index contributed by atoms with van der Waals surface area (Å²) in [6, 6.07) is 16.8. The van der Waals surface area contributed by atoms with E-state index in [1.807, 2.05) is 49.4 Å². The van der Waals surface area contributed by atoms with Gasteiger partial charge < -0.3 is 15.5 Å². The molecular formula is C23H24ClN5O. The molecule has 4 rings (SSSR count). The molecule has 0 atom stereocenters. The van der Waals surface area contributed by atoms with Crippen molar-refractivity contribution in [3.63, 3.8) is 0 Å². The largest absolute Gasteiger partial charge is 0.356 e. The first kappa shape index (κ1) is 20.2. The summed E-state index contributed by atoms with van der Waals surface area (Å²) >= 11 is 5.88. The number of aryl methyl sites for hydroxylation is 1. The van der Waals surface area contributed by atoms with Crippen LogP contribution in [0.15, 0.2) is 54.6 Å². The van der Waals surface area contributed by atoms with Gasteiger partial charge in [0, 0.05) is 41.2 Å². The van der Waals surface area contributed by atoms with Gasteiger partial charge in [-0.05, 0) is 61.7 Å². The van der Waals surface area contributed by atoms with E-state index in [0.717, 1.165) is 41.5 Å². The van der Waals surface area contributed by atoms with Gasteiger partial charge in [-0.15, -0.1) is 0 Å². The first-order valence-corrected chi connectivity index (χ1v) is 10.4. The lowest BCUT2D eigenvalue weighted by Gasteiger charge is -2.17. The maximum atomic E-state index is 12.3. The Bertz CT molecular complexity index is 1010. The van der Waals surface area contributed by atoms with Crippen molar-refractivity contribution in [1.82, 2.24) is 9.97 Å². The SMILES string of the molecule is Cc1cc(N2CCCC2)nc(Nc2ccc(NC(=O)Cc3ccc(Cl)cc3)cc2)n1. The molecule has 7 heteroatoms. The monoisotopic (exact) mass is 421 g/mol. The van der Waals surface area contributed by atoms with Crippen LogP contribution in [0.3, 0.4) is 0 Å². The number of hydrogen-bond acceptors (Lipinski definition) is 5. The molecule has 0 aliphatic carbocycles. The van der Waals surface area contributed by atoms with Gasteiger partial charge in [0.25, 0.3) is 0 Å². The second-order valence-corrected chi connectivity index (χ2v) is 7.88. The van der Waals surface area contributed by atoms with Crippen molar-refractivity contribution >= 4 is 40.6 Å². The average Bonchev–Trinajstić information content (AvgIpc) is 3.26. The quantitative estimate of drug-likeness (QED) is 0.588. The number of benzene rings is 2. The second-order valence-electron chi connectivity index (χ2n) is 7.44. The number of carbonyl (C=O) groups excluding carboxylic acids is 1. The van der Waals surface area contributed by atoms with Gasteiger partial charge in [0.15, 0.2) is 0 Å². The highest BCUT2D eigenvalue weighted by molar-refractivity contribution is 6.30. The molecule has 1 aromatic heterocycles. The minimum atomic E-state index is -0.0738. The number of anilines is 4. The van der Waals surface area contributed by atoms with E-state index in [1.54, 1.807) is 12.1 Å². The van der Waals surface area contributed by atoms with Crippen LogP contribution in [0.4, 0.5) is 23.1 Å². The molecule has 1 aliphatic heterocycles. The van der Waals surface area contributed by atoms with Gasteiger partial charge in [-0.2, -0.15) is 4.98 Å². The molecule has 1 aliphatic rings. The second kappa shape index (κ2) is 9.13. The molecule has 0 bridgehead atoms. The van der Waals surface area contributed by atoms with E-state index in [2.05, 4.69) is 25.5 Å². The van der Waals surface area contributed by atoms with E-state index >= 15 is 0 Å². The summed E-state index contributed by atoms with van der Waals surface area (Å²) < 4.78 is 0. The molecular weight excluding hydrogens is 398 g/mol. The molecule has 30 heavy (non-hydrogen) atoms. The van der Waals surface area contributed by atoms with Crippen molar-refractivity contribution in [3.8, 4) is 0 Å². The molecule has 2 N–H and O–H groups in total. The zero-order valence-electron chi connectivity index (χ0n) is 16.9. The van der Waals surface area contributed by atoms with E-state index < -0.39 is 0 Å². The fraction of sp³-hybridized carbons (Fsp3) is 0.261. The molecule has 1 saturated heterocycles. The maximum Gasteiger partial charge on any atom is 0.229 e. The fourth-order valence-electron chi connectivity index (χ4n) is 3.47. The van der Waals surface area contributed by atoms with Gasteiger partial charge in [0.2, 0.25) is 11.9 Å². The number of aromatic nitrogens is 2. The first-order chi connectivity index (χ1) is 14.5. The highest BCUT2D eigenvalue weighted by Crippen LogP contribution is 2.22. The van der Waals surface area contributed by atoms with Crippen LogP contribution in [0.25, 0.3) is 0 Å². The number of rotatable bonds is 6. The minimum Gasteiger partial charge on any atom is -0.356 e. The molecule has 0 radical (unpaired) electrons. The zero-order chi connectivity index (χ0) is 20.9. The Hall–Kier alpha value is -3.12. The normalized spacial score (nSPS) is 13.3. The molecule has 3 aromatic rings. The fourth-order valence-corrected chi connectivity index (χ4v) is 3.60. The lowest BCUT2D eigenvalue weighted by molar-refractivity contribution is -0.115. The molecule has 1 amide bonds. The smallest absolute Gasteiger partial charge is 0.229 e. The van der Waals surface area contributed by atoms with Crippen LogP contribution < -0.4 is 15.5 Å². The standard InChI is InChI=1S/C23H24ClN5O/c1-16-14-21(29-12-2-3-13-29)28-23(25-16)27-20-10-8-19(9-11-20)26-22(30)15-17-4-6-18(24)7-5-17/h4-11,14H,2-3,12-13,15H2,1H3,(H,26,30)(H,25,27,28). The predicted molar refractivity (Wildman–Crippen MR) is 122 cm³/mol. The molecule has 0 spiro atoms. The van der Waals surface area contributed by atoms with Crippen LogP contribution in [0.5, 0.6) is 0 Å². The summed E-state index contributed by atoms with van der Waals surface area (Å²) in [5, 5.41) is 6.83. The molecule has 154 valence electrons. The van der Waals surface area contributed by atoms with Crippen molar-refractivity contribution in [2.75, 3.05) is 28.6 Å². The van der Waals surface area contributed by atoms with Gasteiger partial charge >= 0.3 is 0 Å². The molecule has 2 aromatic carbocycles. The molecule has 6 nitrogen and oxygen atoms in total. The average molecular weight is 422 g/mol. The Labute approximate surface area is 181 Å². The van der Waals surface area contributed by atoms with Gasteiger partial charge in [0.1, 0.15) is 5.82 Å². The minimum absolute atomic E-state index is 0.0738. The van der Waals surface area contributed by atoms with Crippen molar-refractivity contribution in [1.29, 1.82) is 0 Å². The van der Waals surface area contributed by atoms with Gasteiger partial charge in [0.05, 0.1) is 6.42 Å².